The van der Waals surface area contributed by atoms with E-state index in [1.165, 1.54) is 22.7 Å². The van der Waals surface area contributed by atoms with E-state index in [0.29, 0.717) is 27.2 Å². The molecular formula is C24H31Cl3N2O4S2. The Morgan fingerprint density at radius 2 is 1.57 bits per heavy atom. The highest BCUT2D eigenvalue weighted by Crippen LogP contribution is 2.35. The molecule has 1 aliphatic heterocycles. The maximum atomic E-state index is 13.7. The molecule has 0 bridgehead atoms. The molecule has 0 aliphatic carbocycles. The molecule has 0 amide bonds. The van der Waals surface area contributed by atoms with Gasteiger partial charge in [-0.15, -0.1) is 0 Å². The number of hydrogen-bond acceptors (Lipinski definition) is 5. The van der Waals surface area contributed by atoms with Gasteiger partial charge in [-0.05, 0) is 101 Å². The van der Waals surface area contributed by atoms with Gasteiger partial charge in [0.05, 0.1) is 21.4 Å². The Bertz CT molecular complexity index is 1210. The van der Waals surface area contributed by atoms with Crippen molar-refractivity contribution in [3.63, 3.8) is 0 Å². The van der Waals surface area contributed by atoms with Crippen LogP contribution in [-0.2, 0) is 19.9 Å². The van der Waals surface area contributed by atoms with E-state index in [0.717, 1.165) is 38.9 Å². The number of likely N-dealkylation sites (tertiary alicyclic amines) is 1. The van der Waals surface area contributed by atoms with E-state index in [9.17, 15) is 16.8 Å². The zero-order chi connectivity index (χ0) is 25.8. The molecule has 0 spiro atoms. The topological polar surface area (TPSA) is 74.8 Å². The van der Waals surface area contributed by atoms with E-state index in [-0.39, 0.29) is 22.6 Å². The minimum absolute atomic E-state index is 0.123. The first-order chi connectivity index (χ1) is 16.4. The molecule has 2 aromatic rings. The summed E-state index contributed by atoms with van der Waals surface area (Å²) in [4.78, 5) is 2.44. The lowest BCUT2D eigenvalue weighted by Crippen LogP contribution is -2.40. The summed E-state index contributed by atoms with van der Waals surface area (Å²) in [5, 5.41) is 1.14. The lowest BCUT2D eigenvalue weighted by Gasteiger charge is -2.34. The molecule has 1 fully saturated rings. The van der Waals surface area contributed by atoms with Crippen LogP contribution in [0.5, 0.6) is 0 Å². The van der Waals surface area contributed by atoms with Crippen molar-refractivity contribution in [3.8, 4) is 0 Å². The summed E-state index contributed by atoms with van der Waals surface area (Å²) in [5.74, 6) is 0.459. The average molecular weight is 582 g/mol. The Labute approximate surface area is 224 Å². The summed E-state index contributed by atoms with van der Waals surface area (Å²) in [6.45, 7) is 4.38. The predicted octanol–water partition coefficient (Wildman–Crippen LogP) is 5.77. The van der Waals surface area contributed by atoms with Crippen molar-refractivity contribution in [3.05, 3.63) is 57.5 Å². The van der Waals surface area contributed by atoms with Gasteiger partial charge >= 0.3 is 0 Å². The maximum absolute atomic E-state index is 13.7. The summed E-state index contributed by atoms with van der Waals surface area (Å²) in [7, 11) is -6.89. The highest BCUT2D eigenvalue weighted by molar-refractivity contribution is 7.93. The Balaban J connectivity index is 1.72. The van der Waals surface area contributed by atoms with Gasteiger partial charge in [-0.3, -0.25) is 4.31 Å². The van der Waals surface area contributed by atoms with Crippen LogP contribution in [0.15, 0.2) is 47.4 Å². The third-order valence-electron chi connectivity index (χ3n) is 6.26. The quantitative estimate of drug-likeness (QED) is 0.356. The maximum Gasteiger partial charge on any atom is 0.264 e. The Hall–Kier alpha value is -1.03. The molecule has 35 heavy (non-hydrogen) atoms. The van der Waals surface area contributed by atoms with Crippen molar-refractivity contribution < 1.29 is 16.8 Å². The SMILES string of the molecule is CC(CCCN1CCC(CS(C)(=O)=O)CC1)N(c1cc(Cl)ccc1Cl)S(=O)(=O)c1ccc(Cl)cc1. The minimum atomic E-state index is -3.93. The number of benzene rings is 2. The standard InChI is InChI=1S/C24H31Cl3N2O4S2/c1-18(4-3-13-28-14-11-19(12-15-28)17-34(2,30)31)29(24-16-21(26)7-10-23(24)27)35(32,33)22-8-5-20(25)6-9-22/h5-10,16,18-19H,3-4,11-15,17H2,1-2H3. The summed E-state index contributed by atoms with van der Waals surface area (Å²) in [5.41, 5.74) is 0.336. The number of rotatable bonds is 10. The summed E-state index contributed by atoms with van der Waals surface area (Å²) < 4.78 is 51.8. The van der Waals surface area contributed by atoms with Gasteiger partial charge < -0.3 is 4.90 Å². The normalized spacial score (nSPS) is 16.8. The van der Waals surface area contributed by atoms with Gasteiger partial charge in [-0.1, -0.05) is 34.8 Å². The second-order valence-electron chi connectivity index (χ2n) is 9.22. The lowest BCUT2D eigenvalue weighted by molar-refractivity contribution is 0.189. The molecule has 2 aromatic carbocycles. The van der Waals surface area contributed by atoms with Gasteiger partial charge in [0.1, 0.15) is 9.84 Å². The molecule has 0 aromatic heterocycles. The second-order valence-corrected chi connectivity index (χ2v) is 14.5. The van der Waals surface area contributed by atoms with E-state index >= 15 is 0 Å². The number of sulfonamides is 1. The van der Waals surface area contributed by atoms with Crippen LogP contribution in [0, 0.1) is 5.92 Å². The first kappa shape index (κ1) is 28.5. The molecule has 3 rings (SSSR count). The van der Waals surface area contributed by atoms with Gasteiger partial charge in [0, 0.05) is 22.3 Å². The molecule has 11 heteroatoms. The van der Waals surface area contributed by atoms with E-state index < -0.39 is 19.9 Å². The largest absolute Gasteiger partial charge is 0.303 e. The third kappa shape index (κ3) is 7.98. The van der Waals surface area contributed by atoms with Gasteiger partial charge in [0.2, 0.25) is 0 Å². The first-order valence-electron chi connectivity index (χ1n) is 11.5. The third-order valence-corrected chi connectivity index (χ3v) is 10.1. The van der Waals surface area contributed by atoms with E-state index in [2.05, 4.69) is 4.90 Å². The molecule has 0 N–H and O–H groups in total. The highest BCUT2D eigenvalue weighted by Gasteiger charge is 2.31. The van der Waals surface area contributed by atoms with Crippen LogP contribution >= 0.6 is 34.8 Å². The summed E-state index contributed by atoms with van der Waals surface area (Å²) in [6, 6.07) is 10.5. The van der Waals surface area contributed by atoms with Crippen molar-refractivity contribution in [2.45, 2.75) is 43.5 Å². The molecule has 1 heterocycles. The zero-order valence-corrected chi connectivity index (χ0v) is 23.7. The van der Waals surface area contributed by atoms with Gasteiger partial charge in [-0.25, -0.2) is 16.8 Å². The predicted molar refractivity (Wildman–Crippen MR) is 145 cm³/mol. The van der Waals surface area contributed by atoms with Crippen LogP contribution in [0.2, 0.25) is 15.1 Å². The van der Waals surface area contributed by atoms with Crippen molar-refractivity contribution in [1.29, 1.82) is 0 Å². The van der Waals surface area contributed by atoms with Crippen LogP contribution in [0.3, 0.4) is 0 Å². The van der Waals surface area contributed by atoms with E-state index in [4.69, 9.17) is 34.8 Å². The molecule has 1 saturated heterocycles. The average Bonchev–Trinajstić information content (AvgIpc) is 2.76. The van der Waals surface area contributed by atoms with Crippen LogP contribution in [0.1, 0.15) is 32.6 Å². The fraction of sp³-hybridized carbons (Fsp3) is 0.500. The van der Waals surface area contributed by atoms with Gasteiger partial charge in [0.15, 0.2) is 0 Å². The molecule has 0 saturated carbocycles. The van der Waals surface area contributed by atoms with Crippen molar-refractivity contribution in [1.82, 2.24) is 4.90 Å². The van der Waals surface area contributed by atoms with Gasteiger partial charge in [-0.2, -0.15) is 0 Å². The zero-order valence-electron chi connectivity index (χ0n) is 19.8. The number of hydrogen-bond donors (Lipinski definition) is 0. The Morgan fingerprint density at radius 3 is 2.17 bits per heavy atom. The summed E-state index contributed by atoms with van der Waals surface area (Å²) >= 11 is 18.6. The molecule has 194 valence electrons. The van der Waals surface area contributed by atoms with E-state index in [1.807, 2.05) is 6.92 Å². The van der Waals surface area contributed by atoms with Crippen molar-refractivity contribution in [2.75, 3.05) is 35.9 Å². The van der Waals surface area contributed by atoms with Crippen LogP contribution in [0.4, 0.5) is 5.69 Å². The number of halogens is 3. The fourth-order valence-corrected chi connectivity index (χ4v) is 7.95. The fourth-order valence-electron chi connectivity index (χ4n) is 4.51. The monoisotopic (exact) mass is 580 g/mol. The van der Waals surface area contributed by atoms with Crippen LogP contribution in [-0.4, -0.2) is 59.4 Å². The van der Waals surface area contributed by atoms with Crippen molar-refractivity contribution in [2.24, 2.45) is 5.92 Å². The second kappa shape index (κ2) is 12.0. The molecule has 1 atom stereocenters. The minimum Gasteiger partial charge on any atom is -0.303 e. The number of anilines is 1. The number of piperidine rings is 1. The Kier molecular flexibility index (Phi) is 9.79. The number of sulfone groups is 1. The molecule has 6 nitrogen and oxygen atoms in total. The summed E-state index contributed by atoms with van der Waals surface area (Å²) in [6.07, 6.45) is 4.40. The van der Waals surface area contributed by atoms with Gasteiger partial charge in [0.25, 0.3) is 10.0 Å². The van der Waals surface area contributed by atoms with E-state index in [1.54, 1.807) is 30.3 Å². The Morgan fingerprint density at radius 1 is 0.971 bits per heavy atom. The van der Waals surface area contributed by atoms with Crippen LogP contribution in [0.25, 0.3) is 0 Å². The smallest absolute Gasteiger partial charge is 0.264 e. The molecule has 1 unspecified atom stereocenters. The molecular weight excluding hydrogens is 551 g/mol. The molecule has 0 radical (unpaired) electrons. The number of nitrogens with zero attached hydrogens (tertiary/aromatic N) is 2. The highest BCUT2D eigenvalue weighted by atomic mass is 35.5. The van der Waals surface area contributed by atoms with Crippen LogP contribution < -0.4 is 4.31 Å². The first-order valence-corrected chi connectivity index (χ1v) is 16.2. The molecule has 1 aliphatic rings. The van der Waals surface area contributed by atoms with Crippen molar-refractivity contribution >= 4 is 60.4 Å². The lowest BCUT2D eigenvalue weighted by atomic mass is 9.98.